The fraction of sp³-hybridized carbons (Fsp3) is 0.875. The highest BCUT2D eigenvalue weighted by Crippen LogP contribution is 2.34. The van der Waals surface area contributed by atoms with Gasteiger partial charge in [-0.15, -0.1) is 0 Å². The van der Waals surface area contributed by atoms with Crippen LogP contribution in [0.15, 0.2) is 0 Å². The van der Waals surface area contributed by atoms with Crippen LogP contribution in [0.2, 0.25) is 0 Å². The molecule has 8 nitrogen and oxygen atoms in total. The molecule has 2 atom stereocenters. The van der Waals surface area contributed by atoms with Gasteiger partial charge >= 0.3 is 0 Å². The number of rotatable bonds is 11. The molecule has 8 heteroatoms. The van der Waals surface area contributed by atoms with Crippen LogP contribution >= 0.6 is 0 Å². The maximum Gasteiger partial charge on any atom is 0.293 e. The summed E-state index contributed by atoms with van der Waals surface area (Å²) in [6, 6.07) is 0. The Balaban J connectivity index is 5.79. The Morgan fingerprint density at radius 3 is 1.04 bits per heavy atom. The molecule has 0 bridgehead atoms. The maximum atomic E-state index is 12.4. The van der Waals surface area contributed by atoms with Gasteiger partial charge in [-0.1, -0.05) is 55.4 Å². The third-order valence-corrected chi connectivity index (χ3v) is 3.82. The lowest BCUT2D eigenvalue weighted by Gasteiger charge is -2.37. The topological polar surface area (TPSA) is 112 Å². The van der Waals surface area contributed by atoms with Gasteiger partial charge in [0.05, 0.1) is 0 Å². The van der Waals surface area contributed by atoms with Crippen LogP contribution < -0.4 is 0 Å². The van der Waals surface area contributed by atoms with Crippen molar-refractivity contribution in [2.75, 3.05) is 0 Å². The largest absolute Gasteiger partial charge is 0.293 e. The van der Waals surface area contributed by atoms with Crippen molar-refractivity contribution in [3.63, 3.8) is 0 Å². The summed E-state index contributed by atoms with van der Waals surface area (Å²) >= 11 is 0. The summed E-state index contributed by atoms with van der Waals surface area (Å²) in [5.41, 5.74) is 0. The highest BCUT2D eigenvalue weighted by Gasteiger charge is 2.54. The van der Waals surface area contributed by atoms with Crippen molar-refractivity contribution < 1.29 is 39.7 Å². The van der Waals surface area contributed by atoms with E-state index in [-0.39, 0.29) is 0 Å². The van der Waals surface area contributed by atoms with Crippen LogP contribution in [0.25, 0.3) is 0 Å². The predicted octanol–water partition coefficient (Wildman–Crippen LogP) is 3.07. The van der Waals surface area contributed by atoms with Gasteiger partial charge in [-0.05, 0) is 0 Å². The average molecular weight is 350 g/mol. The molecular weight excluding hydrogens is 320 g/mol. The molecule has 0 spiro atoms. The van der Waals surface area contributed by atoms with E-state index in [2.05, 4.69) is 9.78 Å². The van der Waals surface area contributed by atoms with E-state index in [9.17, 15) is 20.1 Å². The number of carbonyl (C=O) groups is 2. The molecule has 2 N–H and O–H groups in total. The summed E-state index contributed by atoms with van der Waals surface area (Å²) in [5.74, 6) is -7.92. The normalized spacial score (nSPS) is 17.4. The Morgan fingerprint density at radius 2 is 0.917 bits per heavy atom. The number of hydrogen-bond donors (Lipinski definition) is 2. The van der Waals surface area contributed by atoms with E-state index in [4.69, 9.17) is 9.78 Å². The lowest BCUT2D eigenvalue weighted by atomic mass is 9.91. The van der Waals surface area contributed by atoms with Crippen LogP contribution in [-0.4, -0.2) is 33.7 Å². The van der Waals surface area contributed by atoms with Crippen LogP contribution in [0.3, 0.4) is 0 Å². The predicted molar refractivity (Wildman–Crippen MR) is 84.4 cm³/mol. The molecule has 0 saturated heterocycles. The van der Waals surface area contributed by atoms with Crippen LogP contribution in [0, 0.1) is 23.7 Å². The minimum absolute atomic E-state index is 0.549. The first-order valence-corrected chi connectivity index (χ1v) is 8.03. The molecule has 2 unspecified atom stereocenters. The number of hydrogen-bond acceptors (Lipinski definition) is 8. The second-order valence-corrected chi connectivity index (χ2v) is 7.03. The van der Waals surface area contributed by atoms with Gasteiger partial charge in [-0.3, -0.25) is 9.59 Å². The molecule has 0 rings (SSSR count). The number of Topliss-reactive ketones (excluding diaryl/α,β-unsaturated/α-hetero) is 2. The van der Waals surface area contributed by atoms with Gasteiger partial charge in [0.25, 0.3) is 11.6 Å². The third kappa shape index (κ3) is 4.38. The van der Waals surface area contributed by atoms with Gasteiger partial charge in [0.2, 0.25) is 0 Å². The second kappa shape index (κ2) is 8.98. The lowest BCUT2D eigenvalue weighted by Crippen LogP contribution is -2.56. The summed E-state index contributed by atoms with van der Waals surface area (Å²) in [6.45, 7) is 12.7. The fourth-order valence-electron chi connectivity index (χ4n) is 2.10. The summed E-state index contributed by atoms with van der Waals surface area (Å²) < 4.78 is 0. The van der Waals surface area contributed by atoms with E-state index in [1.165, 1.54) is 0 Å². The van der Waals surface area contributed by atoms with Crippen molar-refractivity contribution in [2.24, 2.45) is 23.7 Å². The van der Waals surface area contributed by atoms with Crippen molar-refractivity contribution in [1.29, 1.82) is 0 Å². The number of ketones is 2. The van der Waals surface area contributed by atoms with Gasteiger partial charge in [0.15, 0.2) is 11.6 Å². The summed E-state index contributed by atoms with van der Waals surface area (Å²) in [6.07, 6.45) is 0. The second-order valence-electron chi connectivity index (χ2n) is 7.03. The van der Waals surface area contributed by atoms with Crippen molar-refractivity contribution in [3.8, 4) is 0 Å². The maximum absolute atomic E-state index is 12.4. The zero-order valence-corrected chi connectivity index (χ0v) is 15.7. The Kier molecular flexibility index (Phi) is 8.64. The Labute approximate surface area is 142 Å². The summed E-state index contributed by atoms with van der Waals surface area (Å²) in [7, 11) is 0. The van der Waals surface area contributed by atoms with Crippen LogP contribution in [0.4, 0.5) is 0 Å². The van der Waals surface area contributed by atoms with Gasteiger partial charge in [-0.2, -0.15) is 19.6 Å². The first kappa shape index (κ1) is 23.1. The molecule has 142 valence electrons. The summed E-state index contributed by atoms with van der Waals surface area (Å²) in [5, 5.41) is 18.6. The fourth-order valence-corrected chi connectivity index (χ4v) is 2.10. The van der Waals surface area contributed by atoms with Gasteiger partial charge in [0.1, 0.15) is 0 Å². The molecular formula is C16H30O8. The summed E-state index contributed by atoms with van der Waals surface area (Å²) in [4.78, 5) is 43.8. The van der Waals surface area contributed by atoms with Crippen LogP contribution in [-0.2, 0) is 29.1 Å². The zero-order chi connectivity index (χ0) is 19.3. The van der Waals surface area contributed by atoms with E-state index >= 15 is 0 Å². The van der Waals surface area contributed by atoms with Crippen molar-refractivity contribution >= 4 is 11.6 Å². The smallest absolute Gasteiger partial charge is 0.293 e. The van der Waals surface area contributed by atoms with E-state index < -0.39 is 46.8 Å². The monoisotopic (exact) mass is 350 g/mol. The molecule has 0 aliphatic carbocycles. The lowest BCUT2D eigenvalue weighted by molar-refractivity contribution is -0.560. The van der Waals surface area contributed by atoms with Crippen LogP contribution in [0.5, 0.6) is 0 Å². The van der Waals surface area contributed by atoms with Gasteiger partial charge < -0.3 is 0 Å². The van der Waals surface area contributed by atoms with E-state index in [0.717, 1.165) is 0 Å². The molecule has 0 fully saturated rings. The standard InChI is InChI=1S/C16H30O8/c1-9(2)13(17)15(21-19,11(5)6)23-24-16(22-20,12(7)8)14(18)10(3)4/h9-12,19-20H,1-8H3. The Morgan fingerprint density at radius 1 is 0.667 bits per heavy atom. The minimum Gasteiger partial charge on any atom is -0.293 e. The Bertz CT molecular complexity index is 392. The van der Waals surface area contributed by atoms with E-state index in [1.807, 2.05) is 0 Å². The minimum atomic E-state index is -2.16. The molecule has 24 heavy (non-hydrogen) atoms. The average Bonchev–Trinajstić information content (AvgIpc) is 2.50. The van der Waals surface area contributed by atoms with Crippen molar-refractivity contribution in [2.45, 2.75) is 67.0 Å². The quantitative estimate of drug-likeness (QED) is 0.332. The molecule has 0 saturated carbocycles. The molecule has 0 aliphatic heterocycles. The molecule has 0 aromatic heterocycles. The third-order valence-electron chi connectivity index (χ3n) is 3.82. The number of carbonyl (C=O) groups excluding carboxylic acids is 2. The van der Waals surface area contributed by atoms with E-state index in [0.29, 0.717) is 0 Å². The van der Waals surface area contributed by atoms with Gasteiger partial charge in [0, 0.05) is 23.7 Å². The molecule has 0 heterocycles. The van der Waals surface area contributed by atoms with Crippen LogP contribution in [0.1, 0.15) is 55.4 Å². The van der Waals surface area contributed by atoms with E-state index in [1.54, 1.807) is 55.4 Å². The van der Waals surface area contributed by atoms with Crippen molar-refractivity contribution in [1.82, 2.24) is 0 Å². The molecule has 0 aromatic rings. The molecule has 0 aromatic carbocycles. The molecule has 0 amide bonds. The highest BCUT2D eigenvalue weighted by molar-refractivity contribution is 5.88. The first-order valence-electron chi connectivity index (χ1n) is 8.03. The van der Waals surface area contributed by atoms with Gasteiger partial charge in [-0.25, -0.2) is 10.5 Å². The Hall–Kier alpha value is -0.900. The highest BCUT2D eigenvalue weighted by atomic mass is 17.3. The van der Waals surface area contributed by atoms with Crippen molar-refractivity contribution in [3.05, 3.63) is 0 Å². The SMILES string of the molecule is CC(C)C(=O)C(OO)(OOC(OO)(C(=O)C(C)C)C(C)C)C(C)C. The zero-order valence-electron chi connectivity index (χ0n) is 15.7. The molecule has 0 aliphatic rings. The first-order chi connectivity index (χ1) is 10.9. The molecule has 0 radical (unpaired) electrons.